The van der Waals surface area contributed by atoms with Crippen LogP contribution in [0.5, 0.6) is 0 Å². The Morgan fingerprint density at radius 3 is 2.91 bits per heavy atom. The molecule has 0 aromatic heterocycles. The van der Waals surface area contributed by atoms with Gasteiger partial charge in [-0.1, -0.05) is 18.2 Å². The summed E-state index contributed by atoms with van der Waals surface area (Å²) < 4.78 is 18.6. The highest BCUT2D eigenvalue weighted by Gasteiger charge is 2.33. The van der Waals surface area contributed by atoms with Crippen molar-refractivity contribution in [2.45, 2.75) is 30.7 Å². The summed E-state index contributed by atoms with van der Waals surface area (Å²) in [5.74, 6) is -0.297. The summed E-state index contributed by atoms with van der Waals surface area (Å²) in [4.78, 5) is 24.3. The molecular formula is C16H21FN2O3S. The lowest BCUT2D eigenvalue weighted by Gasteiger charge is -2.29. The Labute approximate surface area is 139 Å². The Balaban J connectivity index is 1.88. The van der Waals surface area contributed by atoms with Gasteiger partial charge in [-0.3, -0.25) is 9.59 Å². The molecular weight excluding hydrogens is 319 g/mol. The summed E-state index contributed by atoms with van der Waals surface area (Å²) in [6.07, 6.45) is 0.317. The van der Waals surface area contributed by atoms with Crippen LogP contribution in [0, 0.1) is 5.82 Å². The third-order valence-corrected chi connectivity index (χ3v) is 4.87. The predicted octanol–water partition coefficient (Wildman–Crippen LogP) is 1.12. The monoisotopic (exact) mass is 340 g/mol. The first-order valence-electron chi connectivity index (χ1n) is 7.46. The van der Waals surface area contributed by atoms with Gasteiger partial charge in [0.25, 0.3) is 0 Å². The highest BCUT2D eigenvalue weighted by molar-refractivity contribution is 8.00. The molecule has 2 rings (SSSR count). The fraction of sp³-hybridized carbons (Fsp3) is 0.500. The standard InChI is InChI=1S/C16H21FN2O3S/c1-10(8-22-2)18-15(20)13-9-23-14(16(21)19-13)7-11-5-3-4-6-12(11)17/h3-6,10,13-14H,7-9H2,1-2H3,(H,18,20)(H,19,21)/t10-,13+,14-/m0/s1. The Morgan fingerprint density at radius 2 is 2.26 bits per heavy atom. The maximum absolute atomic E-state index is 13.7. The Bertz CT molecular complexity index is 570. The number of methoxy groups -OCH3 is 1. The topological polar surface area (TPSA) is 67.4 Å². The quantitative estimate of drug-likeness (QED) is 0.814. The molecule has 7 heteroatoms. The molecule has 0 bridgehead atoms. The van der Waals surface area contributed by atoms with E-state index in [1.54, 1.807) is 25.3 Å². The number of hydrogen-bond donors (Lipinski definition) is 2. The number of nitrogens with one attached hydrogen (secondary N) is 2. The second kappa shape index (κ2) is 8.31. The number of ether oxygens (including phenoxy) is 1. The lowest BCUT2D eigenvalue weighted by molar-refractivity contribution is -0.129. The van der Waals surface area contributed by atoms with E-state index < -0.39 is 6.04 Å². The molecule has 0 radical (unpaired) electrons. The van der Waals surface area contributed by atoms with E-state index >= 15 is 0 Å². The second-order valence-electron chi connectivity index (χ2n) is 5.54. The van der Waals surface area contributed by atoms with Crippen LogP contribution in [0.25, 0.3) is 0 Å². The van der Waals surface area contributed by atoms with Crippen LogP contribution in [0.15, 0.2) is 24.3 Å². The van der Waals surface area contributed by atoms with Crippen molar-refractivity contribution in [2.24, 2.45) is 0 Å². The largest absolute Gasteiger partial charge is 0.383 e. The smallest absolute Gasteiger partial charge is 0.243 e. The van der Waals surface area contributed by atoms with E-state index in [2.05, 4.69) is 10.6 Å². The summed E-state index contributed by atoms with van der Waals surface area (Å²) in [5.41, 5.74) is 0.511. The summed E-state index contributed by atoms with van der Waals surface area (Å²) >= 11 is 1.38. The number of halogens is 1. The molecule has 1 saturated heterocycles. The molecule has 1 aromatic carbocycles. The SMILES string of the molecule is COC[C@H](C)NC(=O)[C@H]1CS[C@@H](Cc2ccccc2F)C(=O)N1. The van der Waals surface area contributed by atoms with Gasteiger partial charge in [-0.05, 0) is 25.0 Å². The number of rotatable bonds is 6. The van der Waals surface area contributed by atoms with E-state index in [1.165, 1.54) is 17.8 Å². The molecule has 1 aliphatic rings. The maximum atomic E-state index is 13.7. The van der Waals surface area contributed by atoms with Gasteiger partial charge in [0, 0.05) is 18.9 Å². The van der Waals surface area contributed by atoms with Gasteiger partial charge in [0.2, 0.25) is 11.8 Å². The molecule has 23 heavy (non-hydrogen) atoms. The van der Waals surface area contributed by atoms with Crippen LogP contribution in [0.2, 0.25) is 0 Å². The Hall–Kier alpha value is -1.60. The van der Waals surface area contributed by atoms with E-state index in [0.29, 0.717) is 24.3 Å². The first-order chi connectivity index (χ1) is 11.0. The van der Waals surface area contributed by atoms with Gasteiger partial charge in [0.1, 0.15) is 11.9 Å². The Kier molecular flexibility index (Phi) is 6.41. The van der Waals surface area contributed by atoms with E-state index in [-0.39, 0.29) is 28.9 Å². The summed E-state index contributed by atoms with van der Waals surface area (Å²) in [6, 6.07) is 5.74. The van der Waals surface area contributed by atoms with Gasteiger partial charge in [-0.15, -0.1) is 11.8 Å². The molecule has 2 amide bonds. The summed E-state index contributed by atoms with van der Waals surface area (Å²) in [6.45, 7) is 2.25. The zero-order chi connectivity index (χ0) is 16.8. The van der Waals surface area contributed by atoms with Crippen molar-refractivity contribution in [3.8, 4) is 0 Å². The third kappa shape index (κ3) is 4.94. The molecule has 1 aromatic rings. The number of carbonyl (C=O) groups excluding carboxylic acids is 2. The summed E-state index contributed by atoms with van der Waals surface area (Å²) in [7, 11) is 1.56. The van der Waals surface area contributed by atoms with Crippen LogP contribution in [0.4, 0.5) is 4.39 Å². The van der Waals surface area contributed by atoms with Crippen molar-refractivity contribution in [1.82, 2.24) is 10.6 Å². The molecule has 3 atom stereocenters. The minimum atomic E-state index is -0.566. The van der Waals surface area contributed by atoms with Crippen LogP contribution in [-0.2, 0) is 20.7 Å². The first-order valence-corrected chi connectivity index (χ1v) is 8.50. The molecule has 126 valence electrons. The highest BCUT2D eigenvalue weighted by Crippen LogP contribution is 2.23. The molecule has 5 nitrogen and oxygen atoms in total. The van der Waals surface area contributed by atoms with Crippen LogP contribution in [0.3, 0.4) is 0 Å². The molecule has 0 saturated carbocycles. The number of thioether (sulfide) groups is 1. The Morgan fingerprint density at radius 1 is 1.52 bits per heavy atom. The molecule has 2 N–H and O–H groups in total. The molecule has 0 spiro atoms. The first kappa shape index (κ1) is 17.7. The van der Waals surface area contributed by atoms with Crippen LogP contribution in [-0.4, -0.2) is 48.6 Å². The average Bonchev–Trinajstić information content (AvgIpc) is 2.51. The molecule has 1 fully saturated rings. The van der Waals surface area contributed by atoms with Crippen LogP contribution >= 0.6 is 11.8 Å². The zero-order valence-corrected chi connectivity index (χ0v) is 14.0. The van der Waals surface area contributed by atoms with Crippen molar-refractivity contribution < 1.29 is 18.7 Å². The molecule has 1 aliphatic heterocycles. The van der Waals surface area contributed by atoms with E-state index in [9.17, 15) is 14.0 Å². The van der Waals surface area contributed by atoms with E-state index in [4.69, 9.17) is 4.74 Å². The van der Waals surface area contributed by atoms with Gasteiger partial charge in [-0.25, -0.2) is 4.39 Å². The van der Waals surface area contributed by atoms with Crippen molar-refractivity contribution in [3.63, 3.8) is 0 Å². The van der Waals surface area contributed by atoms with Crippen molar-refractivity contribution in [3.05, 3.63) is 35.6 Å². The van der Waals surface area contributed by atoms with Gasteiger partial charge < -0.3 is 15.4 Å². The van der Waals surface area contributed by atoms with Crippen molar-refractivity contribution in [1.29, 1.82) is 0 Å². The van der Waals surface area contributed by atoms with Crippen LogP contribution < -0.4 is 10.6 Å². The lowest BCUT2D eigenvalue weighted by Crippen LogP contribution is -2.56. The summed E-state index contributed by atoms with van der Waals surface area (Å²) in [5, 5.41) is 5.13. The number of benzene rings is 1. The van der Waals surface area contributed by atoms with Gasteiger partial charge in [0.15, 0.2) is 0 Å². The zero-order valence-electron chi connectivity index (χ0n) is 13.2. The van der Waals surface area contributed by atoms with E-state index in [1.807, 2.05) is 6.92 Å². The predicted molar refractivity (Wildman–Crippen MR) is 87.8 cm³/mol. The van der Waals surface area contributed by atoms with E-state index in [0.717, 1.165) is 0 Å². The minimum Gasteiger partial charge on any atom is -0.383 e. The number of amides is 2. The third-order valence-electron chi connectivity index (χ3n) is 3.56. The number of carbonyl (C=O) groups is 2. The van der Waals surface area contributed by atoms with Gasteiger partial charge in [-0.2, -0.15) is 0 Å². The van der Waals surface area contributed by atoms with Crippen LogP contribution in [0.1, 0.15) is 12.5 Å². The maximum Gasteiger partial charge on any atom is 0.243 e. The highest BCUT2D eigenvalue weighted by atomic mass is 32.2. The number of hydrogen-bond acceptors (Lipinski definition) is 4. The van der Waals surface area contributed by atoms with Crippen molar-refractivity contribution >= 4 is 23.6 Å². The molecule has 0 unspecified atom stereocenters. The van der Waals surface area contributed by atoms with Crippen molar-refractivity contribution in [2.75, 3.05) is 19.5 Å². The average molecular weight is 340 g/mol. The molecule has 1 heterocycles. The second-order valence-corrected chi connectivity index (χ2v) is 6.78. The molecule has 0 aliphatic carbocycles. The normalized spacial score (nSPS) is 22.3. The van der Waals surface area contributed by atoms with Gasteiger partial charge in [0.05, 0.1) is 11.9 Å². The fourth-order valence-electron chi connectivity index (χ4n) is 2.39. The van der Waals surface area contributed by atoms with Gasteiger partial charge >= 0.3 is 0 Å². The fourth-order valence-corrected chi connectivity index (χ4v) is 3.56. The minimum absolute atomic E-state index is 0.120. The lowest BCUT2D eigenvalue weighted by atomic mass is 10.1.